The molecule has 2 saturated heterocycles. The van der Waals surface area contributed by atoms with Crippen molar-refractivity contribution in [2.75, 3.05) is 19.7 Å². The van der Waals surface area contributed by atoms with Crippen LogP contribution in [0.5, 0.6) is 0 Å². The predicted octanol–water partition coefficient (Wildman–Crippen LogP) is 2.11. The Labute approximate surface area is 122 Å². The van der Waals surface area contributed by atoms with Gasteiger partial charge in [-0.2, -0.15) is 0 Å². The molecule has 20 heavy (non-hydrogen) atoms. The highest BCUT2D eigenvalue weighted by atomic mass is 32.1. The SMILES string of the molecule is O=C(C=Cc1cccs1)N1CCC2(CCCO2)C(=O)C1. The van der Waals surface area contributed by atoms with E-state index in [-0.39, 0.29) is 18.2 Å². The van der Waals surface area contributed by atoms with Crippen molar-refractivity contribution in [3.63, 3.8) is 0 Å². The average molecular weight is 291 g/mol. The van der Waals surface area contributed by atoms with Gasteiger partial charge in [0.05, 0.1) is 6.54 Å². The van der Waals surface area contributed by atoms with Crippen LogP contribution >= 0.6 is 11.3 Å². The smallest absolute Gasteiger partial charge is 0.247 e. The molecule has 5 heteroatoms. The first kappa shape index (κ1) is 13.5. The Morgan fingerprint density at radius 2 is 2.35 bits per heavy atom. The van der Waals surface area contributed by atoms with Gasteiger partial charge in [-0.15, -0.1) is 11.3 Å². The molecule has 1 aromatic heterocycles. The third-order valence-electron chi connectivity index (χ3n) is 3.98. The van der Waals surface area contributed by atoms with Gasteiger partial charge in [-0.1, -0.05) is 6.07 Å². The van der Waals surface area contributed by atoms with Crippen LogP contribution in [-0.4, -0.2) is 41.9 Å². The molecular formula is C15H17NO3S. The molecule has 2 aliphatic rings. The van der Waals surface area contributed by atoms with Crippen molar-refractivity contribution in [2.24, 2.45) is 0 Å². The molecule has 0 aliphatic carbocycles. The molecule has 2 fully saturated rings. The van der Waals surface area contributed by atoms with Crippen LogP contribution in [0.4, 0.5) is 0 Å². The number of likely N-dealkylation sites (tertiary alicyclic amines) is 1. The van der Waals surface area contributed by atoms with Crippen LogP contribution < -0.4 is 0 Å². The number of ether oxygens (including phenoxy) is 1. The highest BCUT2D eigenvalue weighted by molar-refractivity contribution is 7.10. The Bertz CT molecular complexity index is 529. The Hall–Kier alpha value is -1.46. The lowest BCUT2D eigenvalue weighted by Gasteiger charge is -2.36. The number of carbonyl (C=O) groups excluding carboxylic acids is 2. The summed E-state index contributed by atoms with van der Waals surface area (Å²) in [6, 6.07) is 3.90. The quantitative estimate of drug-likeness (QED) is 0.784. The van der Waals surface area contributed by atoms with Crippen LogP contribution in [0, 0.1) is 0 Å². The number of hydrogen-bond donors (Lipinski definition) is 0. The average Bonchev–Trinajstić information content (AvgIpc) is 3.11. The molecule has 0 N–H and O–H groups in total. The van der Waals surface area contributed by atoms with E-state index in [1.165, 1.54) is 0 Å². The van der Waals surface area contributed by atoms with E-state index in [0.29, 0.717) is 19.6 Å². The molecule has 1 spiro atoms. The number of piperidine rings is 1. The van der Waals surface area contributed by atoms with Crippen molar-refractivity contribution < 1.29 is 14.3 Å². The highest BCUT2D eigenvalue weighted by Gasteiger charge is 2.46. The largest absolute Gasteiger partial charge is 0.367 e. The summed E-state index contributed by atoms with van der Waals surface area (Å²) in [6.07, 6.45) is 5.72. The van der Waals surface area contributed by atoms with Gasteiger partial charge < -0.3 is 9.64 Å². The van der Waals surface area contributed by atoms with Crippen LogP contribution in [0.3, 0.4) is 0 Å². The first-order valence-electron chi connectivity index (χ1n) is 6.87. The predicted molar refractivity (Wildman–Crippen MR) is 77.5 cm³/mol. The van der Waals surface area contributed by atoms with E-state index in [9.17, 15) is 9.59 Å². The summed E-state index contributed by atoms with van der Waals surface area (Å²) in [4.78, 5) is 27.0. The fourth-order valence-corrected chi connectivity index (χ4v) is 3.42. The van der Waals surface area contributed by atoms with E-state index in [4.69, 9.17) is 4.74 Å². The van der Waals surface area contributed by atoms with Gasteiger partial charge in [-0.05, 0) is 30.4 Å². The molecule has 3 rings (SSSR count). The number of Topliss-reactive ketones (excluding diaryl/α,β-unsaturated/α-hetero) is 1. The van der Waals surface area contributed by atoms with Crippen LogP contribution in [-0.2, 0) is 14.3 Å². The van der Waals surface area contributed by atoms with Crippen molar-refractivity contribution in [2.45, 2.75) is 24.9 Å². The summed E-state index contributed by atoms with van der Waals surface area (Å²) in [5.74, 6) is -0.0429. The van der Waals surface area contributed by atoms with Gasteiger partial charge in [0.1, 0.15) is 5.60 Å². The molecule has 3 heterocycles. The zero-order valence-corrected chi connectivity index (χ0v) is 12.0. The summed E-state index contributed by atoms with van der Waals surface area (Å²) in [5, 5.41) is 1.97. The third kappa shape index (κ3) is 2.55. The first-order chi connectivity index (χ1) is 9.70. The van der Waals surface area contributed by atoms with Crippen molar-refractivity contribution >= 4 is 29.1 Å². The summed E-state index contributed by atoms with van der Waals surface area (Å²) < 4.78 is 5.64. The molecule has 0 bridgehead atoms. The number of hydrogen-bond acceptors (Lipinski definition) is 4. The minimum absolute atomic E-state index is 0.0547. The van der Waals surface area contributed by atoms with E-state index >= 15 is 0 Å². The second kappa shape index (κ2) is 5.50. The van der Waals surface area contributed by atoms with Crippen molar-refractivity contribution in [1.82, 2.24) is 4.90 Å². The standard InChI is InChI=1S/C15H17NO3S/c17-13-11-16(8-7-15(13)6-2-9-19-15)14(18)5-4-12-3-1-10-20-12/h1,3-5,10H,2,6-9,11H2. The molecule has 0 radical (unpaired) electrons. The van der Waals surface area contributed by atoms with Crippen molar-refractivity contribution in [1.29, 1.82) is 0 Å². The molecule has 1 unspecified atom stereocenters. The van der Waals surface area contributed by atoms with E-state index < -0.39 is 5.60 Å². The number of nitrogens with zero attached hydrogens (tertiary/aromatic N) is 1. The third-order valence-corrected chi connectivity index (χ3v) is 4.81. The maximum absolute atomic E-state index is 12.2. The molecule has 0 saturated carbocycles. The Kier molecular flexibility index (Phi) is 3.72. The van der Waals surface area contributed by atoms with Crippen LogP contribution in [0.25, 0.3) is 6.08 Å². The molecular weight excluding hydrogens is 274 g/mol. The van der Waals surface area contributed by atoms with Gasteiger partial charge in [0.15, 0.2) is 5.78 Å². The molecule has 1 atom stereocenters. The van der Waals surface area contributed by atoms with Gasteiger partial charge in [-0.25, -0.2) is 0 Å². The Balaban J connectivity index is 1.62. The summed E-state index contributed by atoms with van der Waals surface area (Å²) in [6.45, 7) is 1.44. The molecule has 0 aromatic carbocycles. The maximum Gasteiger partial charge on any atom is 0.247 e. The van der Waals surface area contributed by atoms with Crippen LogP contribution in [0.15, 0.2) is 23.6 Å². The summed E-state index contributed by atoms with van der Waals surface area (Å²) in [5.41, 5.74) is -0.589. The lowest BCUT2D eigenvalue weighted by atomic mass is 9.87. The Morgan fingerprint density at radius 3 is 3.00 bits per heavy atom. The summed E-state index contributed by atoms with van der Waals surface area (Å²) in [7, 11) is 0. The van der Waals surface area contributed by atoms with Gasteiger partial charge in [0.2, 0.25) is 5.91 Å². The van der Waals surface area contributed by atoms with Gasteiger partial charge in [0.25, 0.3) is 0 Å². The van der Waals surface area contributed by atoms with Gasteiger partial charge >= 0.3 is 0 Å². The lowest BCUT2D eigenvalue weighted by Crippen LogP contribution is -2.53. The normalized spacial score (nSPS) is 26.8. The molecule has 1 amide bonds. The van der Waals surface area contributed by atoms with Crippen LogP contribution in [0.1, 0.15) is 24.1 Å². The van der Waals surface area contributed by atoms with Crippen LogP contribution in [0.2, 0.25) is 0 Å². The Morgan fingerprint density at radius 1 is 1.45 bits per heavy atom. The molecule has 106 valence electrons. The lowest BCUT2D eigenvalue weighted by molar-refractivity contribution is -0.151. The zero-order chi connectivity index (χ0) is 14.0. The second-order valence-corrected chi connectivity index (χ2v) is 6.21. The van der Waals surface area contributed by atoms with Gasteiger partial charge in [-0.3, -0.25) is 9.59 Å². The van der Waals surface area contributed by atoms with E-state index in [1.54, 1.807) is 28.4 Å². The minimum atomic E-state index is -0.589. The number of amides is 1. The molecule has 1 aromatic rings. The monoisotopic (exact) mass is 291 g/mol. The van der Waals surface area contributed by atoms with Crippen molar-refractivity contribution in [3.8, 4) is 0 Å². The van der Waals surface area contributed by atoms with Crippen molar-refractivity contribution in [3.05, 3.63) is 28.5 Å². The maximum atomic E-state index is 12.2. The number of rotatable bonds is 2. The number of thiophene rings is 1. The van der Waals surface area contributed by atoms with Gasteiger partial charge in [0, 0.05) is 30.5 Å². The molecule has 2 aliphatic heterocycles. The topological polar surface area (TPSA) is 46.6 Å². The summed E-state index contributed by atoms with van der Waals surface area (Å²) >= 11 is 1.58. The van der Waals surface area contributed by atoms with E-state index in [0.717, 1.165) is 17.7 Å². The first-order valence-corrected chi connectivity index (χ1v) is 7.75. The highest BCUT2D eigenvalue weighted by Crippen LogP contribution is 2.33. The molecule has 4 nitrogen and oxygen atoms in total. The number of ketones is 1. The minimum Gasteiger partial charge on any atom is -0.367 e. The van der Waals surface area contributed by atoms with E-state index in [2.05, 4.69) is 0 Å². The number of carbonyl (C=O) groups is 2. The second-order valence-electron chi connectivity index (χ2n) is 5.23. The van der Waals surface area contributed by atoms with E-state index in [1.807, 2.05) is 17.5 Å². The fourth-order valence-electron chi connectivity index (χ4n) is 2.80. The zero-order valence-electron chi connectivity index (χ0n) is 11.2. The fraction of sp³-hybridized carbons (Fsp3) is 0.467.